The Balaban J connectivity index is 3.47. The molecule has 14 heavy (non-hydrogen) atoms. The average Bonchev–Trinajstić information content (AvgIpc) is 2.02. The van der Waals surface area contributed by atoms with Crippen LogP contribution in [0.4, 0.5) is 0 Å². The molecule has 0 atom stereocenters. The van der Waals surface area contributed by atoms with E-state index < -0.39 is 10.0 Å². The first-order valence-corrected chi connectivity index (χ1v) is 5.74. The number of aryl methyl sites for hydroxylation is 2. The maximum absolute atomic E-state index is 11.2. The minimum Gasteiger partial charge on any atom is -0.326 e. The summed E-state index contributed by atoms with van der Waals surface area (Å²) < 4.78 is 22.3. The Bertz CT molecular complexity index is 452. The number of rotatable bonds is 2. The zero-order valence-electron chi connectivity index (χ0n) is 8.24. The lowest BCUT2D eigenvalue weighted by Crippen LogP contribution is -2.15. The van der Waals surface area contributed by atoms with E-state index in [0.29, 0.717) is 12.1 Å². The van der Waals surface area contributed by atoms with Crippen LogP contribution in [0, 0.1) is 13.8 Å². The van der Waals surface area contributed by atoms with Crippen LogP contribution in [0.1, 0.15) is 16.7 Å². The Morgan fingerprint density at radius 2 is 1.79 bits per heavy atom. The van der Waals surface area contributed by atoms with Crippen molar-refractivity contribution in [1.29, 1.82) is 0 Å². The standard InChI is InChI=1S/C9H14N2O2S/c1-6-3-7(2)9(14(11,12)13)4-8(6)5-10/h3-4H,5,10H2,1-2H3,(H2,11,12,13). The fourth-order valence-corrected chi connectivity index (χ4v) is 2.22. The van der Waals surface area contributed by atoms with Gasteiger partial charge < -0.3 is 5.73 Å². The van der Waals surface area contributed by atoms with E-state index in [1.54, 1.807) is 19.1 Å². The van der Waals surface area contributed by atoms with Crippen LogP contribution in [0.25, 0.3) is 0 Å². The van der Waals surface area contributed by atoms with Gasteiger partial charge in [0.2, 0.25) is 10.0 Å². The van der Waals surface area contributed by atoms with E-state index in [9.17, 15) is 8.42 Å². The summed E-state index contributed by atoms with van der Waals surface area (Å²) in [6.07, 6.45) is 0. The Morgan fingerprint density at radius 3 is 2.21 bits per heavy atom. The van der Waals surface area contributed by atoms with E-state index in [1.165, 1.54) is 0 Å². The highest BCUT2D eigenvalue weighted by atomic mass is 32.2. The van der Waals surface area contributed by atoms with Crippen LogP contribution in [0.3, 0.4) is 0 Å². The molecule has 0 aliphatic heterocycles. The first-order valence-electron chi connectivity index (χ1n) is 4.19. The van der Waals surface area contributed by atoms with E-state index in [1.807, 2.05) is 6.92 Å². The van der Waals surface area contributed by atoms with E-state index in [2.05, 4.69) is 0 Å². The van der Waals surface area contributed by atoms with Crippen molar-refractivity contribution in [3.05, 3.63) is 28.8 Å². The molecule has 0 amide bonds. The zero-order chi connectivity index (χ0) is 10.9. The minimum atomic E-state index is -3.64. The highest BCUT2D eigenvalue weighted by Crippen LogP contribution is 2.18. The molecule has 0 spiro atoms. The summed E-state index contributed by atoms with van der Waals surface area (Å²) in [4.78, 5) is 0.156. The van der Waals surface area contributed by atoms with Gasteiger partial charge in [-0.3, -0.25) is 0 Å². The number of primary sulfonamides is 1. The van der Waals surface area contributed by atoms with Crippen LogP contribution in [0.15, 0.2) is 17.0 Å². The predicted octanol–water partition coefficient (Wildman–Crippen LogP) is 0.410. The van der Waals surface area contributed by atoms with Crippen LogP contribution in [0.2, 0.25) is 0 Å². The van der Waals surface area contributed by atoms with Crippen LogP contribution in [0.5, 0.6) is 0 Å². The quantitative estimate of drug-likeness (QED) is 0.747. The molecule has 0 heterocycles. The van der Waals surface area contributed by atoms with E-state index in [-0.39, 0.29) is 4.90 Å². The summed E-state index contributed by atoms with van der Waals surface area (Å²) in [5.41, 5.74) is 7.92. The second kappa shape index (κ2) is 3.68. The summed E-state index contributed by atoms with van der Waals surface area (Å²) in [7, 11) is -3.64. The molecule has 0 aliphatic carbocycles. The molecule has 0 fully saturated rings. The molecular formula is C9H14N2O2S. The summed E-state index contributed by atoms with van der Waals surface area (Å²) >= 11 is 0. The van der Waals surface area contributed by atoms with Gasteiger partial charge in [-0.1, -0.05) is 6.07 Å². The van der Waals surface area contributed by atoms with Gasteiger partial charge >= 0.3 is 0 Å². The van der Waals surface area contributed by atoms with E-state index >= 15 is 0 Å². The van der Waals surface area contributed by atoms with Crippen LogP contribution in [-0.2, 0) is 16.6 Å². The number of benzene rings is 1. The van der Waals surface area contributed by atoms with Gasteiger partial charge in [0.25, 0.3) is 0 Å². The highest BCUT2D eigenvalue weighted by molar-refractivity contribution is 7.89. The third kappa shape index (κ3) is 2.12. The number of nitrogens with two attached hydrogens (primary N) is 2. The molecule has 0 radical (unpaired) electrons. The maximum Gasteiger partial charge on any atom is 0.238 e. The Kier molecular flexibility index (Phi) is 2.94. The molecule has 5 heteroatoms. The molecule has 0 bridgehead atoms. The molecule has 1 aromatic carbocycles. The van der Waals surface area contributed by atoms with Crippen molar-refractivity contribution in [3.63, 3.8) is 0 Å². The summed E-state index contributed by atoms with van der Waals surface area (Å²) in [5, 5.41) is 5.06. The Labute approximate surface area is 84.0 Å². The second-order valence-electron chi connectivity index (χ2n) is 3.29. The third-order valence-corrected chi connectivity index (χ3v) is 3.21. The normalized spacial score (nSPS) is 11.7. The van der Waals surface area contributed by atoms with Gasteiger partial charge in [0.15, 0.2) is 0 Å². The minimum absolute atomic E-state index is 0.156. The summed E-state index contributed by atoms with van der Waals surface area (Å²) in [5.74, 6) is 0. The van der Waals surface area contributed by atoms with E-state index in [0.717, 1.165) is 11.1 Å². The second-order valence-corrected chi connectivity index (χ2v) is 4.82. The van der Waals surface area contributed by atoms with Gasteiger partial charge in [-0.25, -0.2) is 13.6 Å². The topological polar surface area (TPSA) is 86.2 Å². The first-order chi connectivity index (χ1) is 6.36. The van der Waals surface area contributed by atoms with Crippen LogP contribution in [-0.4, -0.2) is 8.42 Å². The molecule has 0 unspecified atom stereocenters. The number of hydrogen-bond acceptors (Lipinski definition) is 3. The molecule has 78 valence electrons. The summed E-state index contributed by atoms with van der Waals surface area (Å²) in [6, 6.07) is 3.32. The Hall–Kier alpha value is -0.910. The highest BCUT2D eigenvalue weighted by Gasteiger charge is 2.13. The van der Waals surface area contributed by atoms with Gasteiger partial charge in [0, 0.05) is 6.54 Å². The van der Waals surface area contributed by atoms with Crippen molar-refractivity contribution in [2.75, 3.05) is 0 Å². The van der Waals surface area contributed by atoms with Crippen molar-refractivity contribution in [2.45, 2.75) is 25.3 Å². The fourth-order valence-electron chi connectivity index (χ4n) is 1.40. The zero-order valence-corrected chi connectivity index (χ0v) is 9.06. The van der Waals surface area contributed by atoms with Crippen molar-refractivity contribution < 1.29 is 8.42 Å². The smallest absolute Gasteiger partial charge is 0.238 e. The van der Waals surface area contributed by atoms with Crippen LogP contribution < -0.4 is 10.9 Å². The fraction of sp³-hybridized carbons (Fsp3) is 0.333. The third-order valence-electron chi connectivity index (χ3n) is 2.16. The van der Waals surface area contributed by atoms with Crippen molar-refractivity contribution in [2.24, 2.45) is 10.9 Å². The molecule has 1 aromatic rings. The molecule has 0 aliphatic rings. The lowest BCUT2D eigenvalue weighted by Gasteiger charge is -2.08. The number of hydrogen-bond donors (Lipinski definition) is 2. The van der Waals surface area contributed by atoms with Crippen LogP contribution >= 0.6 is 0 Å². The van der Waals surface area contributed by atoms with Gasteiger partial charge in [-0.15, -0.1) is 0 Å². The Morgan fingerprint density at radius 1 is 1.21 bits per heavy atom. The van der Waals surface area contributed by atoms with Gasteiger partial charge in [-0.05, 0) is 36.6 Å². The largest absolute Gasteiger partial charge is 0.326 e. The SMILES string of the molecule is Cc1cc(C)c(S(N)(=O)=O)cc1CN. The van der Waals surface area contributed by atoms with Gasteiger partial charge in [0.05, 0.1) is 4.90 Å². The maximum atomic E-state index is 11.2. The lowest BCUT2D eigenvalue weighted by molar-refractivity contribution is 0.597. The molecular weight excluding hydrogens is 200 g/mol. The molecule has 4 nitrogen and oxygen atoms in total. The predicted molar refractivity (Wildman–Crippen MR) is 55.2 cm³/mol. The monoisotopic (exact) mass is 214 g/mol. The van der Waals surface area contributed by atoms with Crippen molar-refractivity contribution >= 4 is 10.0 Å². The van der Waals surface area contributed by atoms with Gasteiger partial charge in [-0.2, -0.15) is 0 Å². The molecule has 0 saturated heterocycles. The lowest BCUT2D eigenvalue weighted by atomic mass is 10.1. The van der Waals surface area contributed by atoms with Crippen molar-refractivity contribution in [3.8, 4) is 0 Å². The van der Waals surface area contributed by atoms with E-state index in [4.69, 9.17) is 10.9 Å². The molecule has 1 rings (SSSR count). The first kappa shape index (κ1) is 11.2. The molecule has 0 aromatic heterocycles. The molecule has 0 saturated carbocycles. The van der Waals surface area contributed by atoms with Gasteiger partial charge in [0.1, 0.15) is 0 Å². The van der Waals surface area contributed by atoms with Crippen molar-refractivity contribution in [1.82, 2.24) is 0 Å². The average molecular weight is 214 g/mol. The molecule has 4 N–H and O–H groups in total. The number of sulfonamides is 1. The summed E-state index contributed by atoms with van der Waals surface area (Å²) in [6.45, 7) is 3.92.